The minimum absolute atomic E-state index is 0.0763. The van der Waals surface area contributed by atoms with E-state index in [0.29, 0.717) is 5.56 Å². The van der Waals surface area contributed by atoms with E-state index < -0.39 is 6.85 Å². The summed E-state index contributed by atoms with van der Waals surface area (Å²) in [7, 11) is 6.34. The Morgan fingerprint density at radius 2 is 0.677 bits per heavy atom. The third-order valence-electron chi connectivity index (χ3n) is 23.4. The van der Waals surface area contributed by atoms with Gasteiger partial charge in [0.15, 0.2) is 18.6 Å². The zero-order chi connectivity index (χ0) is 70.7. The second kappa shape index (κ2) is 24.8. The molecule has 99 heavy (non-hydrogen) atoms. The lowest BCUT2D eigenvalue weighted by molar-refractivity contribution is -0.660. The normalized spacial score (nSPS) is 16.2. The first-order valence-electron chi connectivity index (χ1n) is 37.5. The Kier molecular flexibility index (Phi) is 15.1. The van der Waals surface area contributed by atoms with E-state index in [1.165, 1.54) is 218 Å². The molecule has 6 aromatic heterocycles. The lowest BCUT2D eigenvalue weighted by atomic mass is 9.78. The van der Waals surface area contributed by atoms with Crippen LogP contribution in [-0.4, -0.2) is 15.0 Å². The van der Waals surface area contributed by atoms with Crippen LogP contribution in [0.25, 0.3) is 101 Å². The van der Waals surface area contributed by atoms with E-state index in [1.54, 1.807) is 12.1 Å². The third kappa shape index (κ3) is 10.8. The van der Waals surface area contributed by atoms with Gasteiger partial charge in [0.2, 0.25) is 17.1 Å². The standard InChI is InChI=1S/2C31H31N2.C30H28FN2/c1-20-7-10-23(11-8-20)24-12-14-29(33(4)19-24)26-18-27-25-13-9-22(3)32-30(25)31(15-5-6-16-31)28(27)17-21(26)2;1-20-16-28-26(24-13-12-22(3)32-30(24)31(28)14-8-9-15-31)18-25(20)29-17-21(2)27(19-33(29)4)23-10-6-5-7-11-23;1-19-16-27-26(24-12-6-20(2)32-29(24)30(27)14-4-5-15-30)17-25(19)28-13-9-22(18-33(28)3)21-7-10-23(31)11-8-21/h7-14,17-19H,5-6,15-16H2,1-4H3;5-7,10-13,16-19H,8-9,14-15H2,1-4H3;6-13,16-18H,4-5,14-15H2,1-3H3/q3*+1/i1D3;;. The number of nitrogens with zero attached hydrogens (tertiary/aromatic N) is 6. The van der Waals surface area contributed by atoms with Crippen LogP contribution < -0.4 is 13.7 Å². The van der Waals surface area contributed by atoms with Crippen LogP contribution in [0.5, 0.6) is 0 Å². The van der Waals surface area contributed by atoms with Crippen LogP contribution in [0, 0.1) is 61.1 Å². The second-order valence-electron chi connectivity index (χ2n) is 29.7. The van der Waals surface area contributed by atoms with Gasteiger partial charge in [-0.05, 0) is 227 Å². The summed E-state index contributed by atoms with van der Waals surface area (Å²) >= 11 is 0. The highest BCUT2D eigenvalue weighted by molar-refractivity contribution is 5.88. The van der Waals surface area contributed by atoms with Crippen LogP contribution in [-0.2, 0) is 37.4 Å². The molecule has 18 rings (SSSR count). The van der Waals surface area contributed by atoms with E-state index in [2.05, 4.69) is 235 Å². The molecule has 3 saturated carbocycles. The Hall–Kier alpha value is -9.85. The van der Waals surface area contributed by atoms with Crippen LogP contribution >= 0.6 is 0 Å². The zero-order valence-electron chi connectivity index (χ0n) is 62.1. The summed E-state index contributed by atoms with van der Waals surface area (Å²) in [6.45, 7) is 13.2. The maximum absolute atomic E-state index is 13.3. The van der Waals surface area contributed by atoms with Gasteiger partial charge in [-0.1, -0.05) is 147 Å². The van der Waals surface area contributed by atoms with Crippen molar-refractivity contribution < 1.29 is 22.2 Å². The molecule has 3 fully saturated rings. The predicted molar refractivity (Wildman–Crippen MR) is 401 cm³/mol. The average Bonchev–Trinajstić information content (AvgIpc) is 1.57. The molecule has 6 heterocycles. The first-order chi connectivity index (χ1) is 49.1. The summed E-state index contributed by atoms with van der Waals surface area (Å²) in [6.07, 6.45) is 21.4. The molecule has 0 N–H and O–H groups in total. The van der Waals surface area contributed by atoms with Crippen molar-refractivity contribution in [1.82, 2.24) is 15.0 Å². The van der Waals surface area contributed by atoms with Crippen molar-refractivity contribution in [2.75, 3.05) is 0 Å². The van der Waals surface area contributed by atoms with Crippen molar-refractivity contribution in [3.05, 3.63) is 285 Å². The fourth-order valence-corrected chi connectivity index (χ4v) is 18.4. The number of halogens is 1. The summed E-state index contributed by atoms with van der Waals surface area (Å²) in [5, 5.41) is 0. The maximum atomic E-state index is 13.3. The molecular weight excluding hydrogens is 1210 g/mol. The minimum atomic E-state index is -2.08. The highest BCUT2D eigenvalue weighted by atomic mass is 19.1. The highest BCUT2D eigenvalue weighted by Gasteiger charge is 2.50. The summed E-state index contributed by atoms with van der Waals surface area (Å²) in [6, 6.07) is 63.4. The molecule has 6 aromatic carbocycles. The highest BCUT2D eigenvalue weighted by Crippen LogP contribution is 2.60. The molecular formula is C92H90FN6+3. The van der Waals surface area contributed by atoms with E-state index in [9.17, 15) is 4.39 Å². The Labute approximate surface area is 589 Å². The number of aromatic nitrogens is 6. The number of pyridine rings is 6. The smallest absolute Gasteiger partial charge is 0.212 e. The summed E-state index contributed by atoms with van der Waals surface area (Å²) in [5.41, 5.74) is 39.7. The van der Waals surface area contributed by atoms with Gasteiger partial charge in [-0.3, -0.25) is 15.0 Å². The van der Waals surface area contributed by atoms with E-state index in [-0.39, 0.29) is 22.1 Å². The second-order valence-corrected chi connectivity index (χ2v) is 29.7. The molecule has 6 aliphatic carbocycles. The fraction of sp³-hybridized carbons (Fsp3) is 0.283. The lowest BCUT2D eigenvalue weighted by Gasteiger charge is -2.26. The molecule has 0 saturated heterocycles. The van der Waals surface area contributed by atoms with Crippen LogP contribution in [0.1, 0.15) is 160 Å². The predicted octanol–water partition coefficient (Wildman–Crippen LogP) is 20.8. The Balaban J connectivity index is 0.000000119. The van der Waals surface area contributed by atoms with Gasteiger partial charge in [-0.15, -0.1) is 0 Å². The molecule has 3 spiro atoms. The minimum Gasteiger partial charge on any atom is -0.257 e. The van der Waals surface area contributed by atoms with Crippen molar-refractivity contribution >= 4 is 0 Å². The van der Waals surface area contributed by atoms with Crippen LogP contribution in [0.2, 0.25) is 0 Å². The van der Waals surface area contributed by atoms with Crippen LogP contribution in [0.15, 0.2) is 201 Å². The van der Waals surface area contributed by atoms with E-state index in [1.807, 2.05) is 24.3 Å². The van der Waals surface area contributed by atoms with Gasteiger partial charge in [0.1, 0.15) is 27.0 Å². The number of aryl methyl sites for hydroxylation is 11. The number of hydrogen-bond donors (Lipinski definition) is 0. The van der Waals surface area contributed by atoms with Gasteiger partial charge < -0.3 is 0 Å². The first kappa shape index (κ1) is 60.3. The fourth-order valence-electron chi connectivity index (χ4n) is 18.4. The number of fused-ring (bicyclic) bond motifs is 15. The lowest BCUT2D eigenvalue weighted by Crippen LogP contribution is -2.31. The topological polar surface area (TPSA) is 50.3 Å². The van der Waals surface area contributed by atoms with Gasteiger partial charge in [0, 0.05) is 106 Å². The monoisotopic (exact) mass is 1300 g/mol. The Morgan fingerprint density at radius 1 is 0.323 bits per heavy atom. The molecule has 6 nitrogen and oxygen atoms in total. The van der Waals surface area contributed by atoms with Crippen molar-refractivity contribution in [3.63, 3.8) is 0 Å². The van der Waals surface area contributed by atoms with E-state index in [0.717, 1.165) is 45.0 Å². The number of hydrogen-bond acceptors (Lipinski definition) is 3. The molecule has 7 heteroatoms. The molecule has 0 aliphatic heterocycles. The van der Waals surface area contributed by atoms with Crippen LogP contribution in [0.4, 0.5) is 4.39 Å². The van der Waals surface area contributed by atoms with Crippen molar-refractivity contribution in [2.24, 2.45) is 21.1 Å². The molecule has 0 bridgehead atoms. The van der Waals surface area contributed by atoms with E-state index >= 15 is 0 Å². The van der Waals surface area contributed by atoms with Gasteiger partial charge in [0.05, 0.1) is 17.1 Å². The summed E-state index contributed by atoms with van der Waals surface area (Å²) in [5.74, 6) is -0.210. The van der Waals surface area contributed by atoms with Crippen molar-refractivity contribution in [1.29, 1.82) is 0 Å². The van der Waals surface area contributed by atoms with Crippen molar-refractivity contribution in [3.8, 4) is 101 Å². The van der Waals surface area contributed by atoms with Gasteiger partial charge in [0.25, 0.3) is 0 Å². The number of rotatable bonds is 6. The Bertz CT molecular complexity index is 5340. The van der Waals surface area contributed by atoms with Gasteiger partial charge in [-0.2, -0.15) is 0 Å². The molecule has 6 aliphatic rings. The first-order valence-corrected chi connectivity index (χ1v) is 36.0. The molecule has 0 amide bonds. The SMILES string of the molecule is Cc1ccc2c(n1)C1(CCCC1)c1cc(C)c(-c3cc(C)c(-c4ccccc4)c[n+]3C)cc1-2.Cc1ccc2c(n1)C1(CCCC1)c1cc(C)c(-c3ccc(-c4ccc(F)cc4)c[n+]3C)cc1-2.[2H]C([2H])([2H])c1ccc(-c2ccc(-c3cc4c(cc3C)C3(CCCC3)c3nc(C)ccc3-4)[n+](C)c2)cc1. The maximum Gasteiger partial charge on any atom is 0.212 e. The summed E-state index contributed by atoms with van der Waals surface area (Å²) in [4.78, 5) is 15.3. The number of benzene rings is 6. The van der Waals surface area contributed by atoms with Crippen molar-refractivity contribution in [2.45, 2.75) is 149 Å². The molecule has 0 radical (unpaired) electrons. The molecule has 0 unspecified atom stereocenters. The quantitative estimate of drug-likeness (QED) is 0.156. The van der Waals surface area contributed by atoms with Gasteiger partial charge in [-0.25, -0.2) is 18.1 Å². The molecule has 0 atom stereocenters. The largest absolute Gasteiger partial charge is 0.257 e. The van der Waals surface area contributed by atoms with Gasteiger partial charge >= 0.3 is 0 Å². The third-order valence-corrected chi connectivity index (χ3v) is 23.4. The Morgan fingerprint density at radius 3 is 1.06 bits per heavy atom. The molecule has 492 valence electrons. The zero-order valence-corrected chi connectivity index (χ0v) is 59.1. The van der Waals surface area contributed by atoms with Crippen LogP contribution in [0.3, 0.4) is 0 Å². The van der Waals surface area contributed by atoms with E-state index in [4.69, 9.17) is 19.1 Å². The molecule has 12 aromatic rings. The summed E-state index contributed by atoms with van der Waals surface area (Å²) < 4.78 is 42.8. The average molecular weight is 1300 g/mol.